The van der Waals surface area contributed by atoms with Gasteiger partial charge < -0.3 is 9.84 Å². The van der Waals surface area contributed by atoms with Crippen LogP contribution in [0.15, 0.2) is 6.07 Å². The summed E-state index contributed by atoms with van der Waals surface area (Å²) in [4.78, 5) is 0. The maximum atomic E-state index is 12.0. The van der Waals surface area contributed by atoms with Gasteiger partial charge in [-0.05, 0) is 6.07 Å². The highest BCUT2D eigenvalue weighted by molar-refractivity contribution is 5.11. The Kier molecular flexibility index (Phi) is 3.54. The Bertz CT molecular complexity index is 302. The van der Waals surface area contributed by atoms with Crippen LogP contribution in [0.4, 0.5) is 8.78 Å². The van der Waals surface area contributed by atoms with Gasteiger partial charge in [0.1, 0.15) is 0 Å². The number of aliphatic hydroxyl groups is 1. The van der Waals surface area contributed by atoms with Crippen LogP contribution in [0, 0.1) is 0 Å². The lowest BCUT2D eigenvalue weighted by molar-refractivity contribution is -0.0821. The zero-order valence-corrected chi connectivity index (χ0v) is 7.94. The van der Waals surface area contributed by atoms with Crippen molar-refractivity contribution in [3.63, 3.8) is 0 Å². The highest BCUT2D eigenvalue weighted by Crippen LogP contribution is 2.15. The van der Waals surface area contributed by atoms with Crippen LogP contribution < -0.4 is 0 Å². The third kappa shape index (κ3) is 2.49. The first-order valence-electron chi connectivity index (χ1n) is 4.06. The van der Waals surface area contributed by atoms with E-state index in [2.05, 4.69) is 9.84 Å². The van der Waals surface area contributed by atoms with Crippen molar-refractivity contribution in [1.29, 1.82) is 0 Å². The largest absolute Gasteiger partial charge is 0.363 e. The van der Waals surface area contributed by atoms with Crippen LogP contribution in [-0.4, -0.2) is 28.4 Å². The van der Waals surface area contributed by atoms with E-state index in [1.807, 2.05) is 0 Å². The fourth-order valence-corrected chi connectivity index (χ4v) is 1.15. The molecule has 0 fully saturated rings. The second-order valence-corrected chi connectivity index (χ2v) is 2.87. The third-order valence-electron chi connectivity index (χ3n) is 1.81. The molecule has 0 saturated carbocycles. The van der Waals surface area contributed by atoms with Gasteiger partial charge in [0, 0.05) is 14.2 Å². The van der Waals surface area contributed by atoms with Gasteiger partial charge in [-0.3, -0.25) is 4.68 Å². The number of methoxy groups -OCH3 is 1. The molecule has 0 saturated heterocycles. The van der Waals surface area contributed by atoms with E-state index < -0.39 is 19.1 Å². The molecule has 0 aliphatic carbocycles. The van der Waals surface area contributed by atoms with Crippen molar-refractivity contribution < 1.29 is 18.6 Å². The Morgan fingerprint density at radius 2 is 2.29 bits per heavy atom. The van der Waals surface area contributed by atoms with E-state index in [9.17, 15) is 13.9 Å². The number of ether oxygens (including phenoxy) is 1. The molecule has 1 aromatic heterocycles. The van der Waals surface area contributed by atoms with Gasteiger partial charge in [0.15, 0.2) is 6.29 Å². The zero-order valence-electron chi connectivity index (χ0n) is 7.94. The Hall–Kier alpha value is -1.01. The molecule has 1 rings (SSSR count). The molecule has 80 valence electrons. The SMILES string of the molecule is COC(O)c1cc(CC(F)F)nn1C. The molecule has 1 unspecified atom stereocenters. The lowest BCUT2D eigenvalue weighted by Crippen LogP contribution is -2.06. The van der Waals surface area contributed by atoms with E-state index in [-0.39, 0.29) is 5.69 Å². The fourth-order valence-electron chi connectivity index (χ4n) is 1.15. The minimum Gasteiger partial charge on any atom is -0.363 e. The van der Waals surface area contributed by atoms with Crippen LogP contribution in [0.25, 0.3) is 0 Å². The summed E-state index contributed by atoms with van der Waals surface area (Å²) in [6, 6.07) is 1.40. The molecule has 6 heteroatoms. The van der Waals surface area contributed by atoms with Crippen molar-refractivity contribution in [2.75, 3.05) is 7.11 Å². The Morgan fingerprint density at radius 1 is 1.64 bits per heavy atom. The van der Waals surface area contributed by atoms with Gasteiger partial charge >= 0.3 is 0 Å². The molecule has 0 amide bonds. The second-order valence-electron chi connectivity index (χ2n) is 2.87. The minimum absolute atomic E-state index is 0.244. The van der Waals surface area contributed by atoms with Crippen LogP contribution in [-0.2, 0) is 18.2 Å². The van der Waals surface area contributed by atoms with Crippen LogP contribution >= 0.6 is 0 Å². The summed E-state index contributed by atoms with van der Waals surface area (Å²) in [5.74, 6) is 0. The van der Waals surface area contributed by atoms with Gasteiger partial charge in [-0.25, -0.2) is 8.78 Å². The monoisotopic (exact) mass is 206 g/mol. The number of aryl methyl sites for hydroxylation is 1. The van der Waals surface area contributed by atoms with E-state index in [0.29, 0.717) is 5.69 Å². The van der Waals surface area contributed by atoms with Crippen molar-refractivity contribution in [2.45, 2.75) is 19.1 Å². The summed E-state index contributed by atoms with van der Waals surface area (Å²) in [7, 11) is 2.89. The first kappa shape index (κ1) is 11.1. The zero-order chi connectivity index (χ0) is 10.7. The Morgan fingerprint density at radius 3 is 2.79 bits per heavy atom. The molecule has 4 nitrogen and oxygen atoms in total. The van der Waals surface area contributed by atoms with Gasteiger partial charge in [-0.1, -0.05) is 0 Å². The summed E-state index contributed by atoms with van der Waals surface area (Å²) >= 11 is 0. The highest BCUT2D eigenvalue weighted by atomic mass is 19.3. The summed E-state index contributed by atoms with van der Waals surface area (Å²) < 4.78 is 30.0. The quantitative estimate of drug-likeness (QED) is 0.743. The van der Waals surface area contributed by atoms with Crippen molar-refractivity contribution >= 4 is 0 Å². The molecule has 0 aliphatic heterocycles. The number of hydrogen-bond acceptors (Lipinski definition) is 3. The molecule has 0 aliphatic rings. The lowest BCUT2D eigenvalue weighted by Gasteiger charge is -2.07. The molecule has 1 atom stereocenters. The minimum atomic E-state index is -2.43. The molecule has 14 heavy (non-hydrogen) atoms. The third-order valence-corrected chi connectivity index (χ3v) is 1.81. The normalized spacial score (nSPS) is 13.6. The van der Waals surface area contributed by atoms with Crippen LogP contribution in [0.5, 0.6) is 0 Å². The Labute approximate surface area is 80.1 Å². The van der Waals surface area contributed by atoms with Crippen LogP contribution in [0.3, 0.4) is 0 Å². The van der Waals surface area contributed by atoms with Crippen molar-refractivity contribution in [3.05, 3.63) is 17.5 Å². The predicted octanol–water partition coefficient (Wildman–Crippen LogP) is 0.865. The maximum Gasteiger partial charge on any atom is 0.244 e. The van der Waals surface area contributed by atoms with E-state index in [1.54, 1.807) is 7.05 Å². The summed E-state index contributed by atoms with van der Waals surface area (Å²) in [6.07, 6.45) is -3.97. The number of halogens is 2. The average Bonchev–Trinajstić information content (AvgIpc) is 2.44. The first-order chi connectivity index (χ1) is 6.54. The molecular weight excluding hydrogens is 194 g/mol. The molecule has 0 aromatic carbocycles. The number of rotatable bonds is 4. The summed E-state index contributed by atoms with van der Waals surface area (Å²) in [5, 5.41) is 13.1. The number of aliphatic hydroxyl groups excluding tert-OH is 1. The van der Waals surface area contributed by atoms with Gasteiger partial charge in [0.2, 0.25) is 6.43 Å². The van der Waals surface area contributed by atoms with Crippen LogP contribution in [0.2, 0.25) is 0 Å². The molecular formula is C8H12F2N2O2. The van der Waals surface area contributed by atoms with Gasteiger partial charge in [0.25, 0.3) is 0 Å². The number of alkyl halides is 2. The van der Waals surface area contributed by atoms with Gasteiger partial charge in [-0.2, -0.15) is 5.10 Å². The molecule has 0 spiro atoms. The average molecular weight is 206 g/mol. The van der Waals surface area contributed by atoms with Crippen molar-refractivity contribution in [3.8, 4) is 0 Å². The molecule has 0 bridgehead atoms. The standard InChI is InChI=1S/C8H12F2N2O2/c1-12-6(8(13)14-2)3-5(11-12)4-7(9)10/h3,7-8,13H,4H2,1-2H3. The predicted molar refractivity (Wildman–Crippen MR) is 44.9 cm³/mol. The maximum absolute atomic E-state index is 12.0. The summed E-state index contributed by atoms with van der Waals surface area (Å²) in [5.41, 5.74) is 0.608. The molecule has 0 radical (unpaired) electrons. The molecule has 1 heterocycles. The van der Waals surface area contributed by atoms with Gasteiger partial charge in [0.05, 0.1) is 17.8 Å². The highest BCUT2D eigenvalue weighted by Gasteiger charge is 2.15. The van der Waals surface area contributed by atoms with Crippen LogP contribution in [0.1, 0.15) is 17.7 Å². The van der Waals surface area contributed by atoms with Crippen molar-refractivity contribution in [2.24, 2.45) is 7.05 Å². The number of nitrogens with zero attached hydrogens (tertiary/aromatic N) is 2. The lowest BCUT2D eigenvalue weighted by atomic mass is 10.3. The topological polar surface area (TPSA) is 47.3 Å². The fraction of sp³-hybridized carbons (Fsp3) is 0.625. The molecule has 1 N–H and O–H groups in total. The van der Waals surface area contributed by atoms with E-state index >= 15 is 0 Å². The Balaban J connectivity index is 2.82. The van der Waals surface area contributed by atoms with Gasteiger partial charge in [-0.15, -0.1) is 0 Å². The number of aromatic nitrogens is 2. The first-order valence-corrected chi connectivity index (χ1v) is 4.06. The van der Waals surface area contributed by atoms with Crippen molar-refractivity contribution in [1.82, 2.24) is 9.78 Å². The molecule has 1 aromatic rings. The summed E-state index contributed by atoms with van der Waals surface area (Å²) in [6.45, 7) is 0. The second kappa shape index (κ2) is 4.47. The van der Waals surface area contributed by atoms with E-state index in [0.717, 1.165) is 0 Å². The number of hydrogen-bond donors (Lipinski definition) is 1. The van der Waals surface area contributed by atoms with E-state index in [1.165, 1.54) is 17.9 Å². The van der Waals surface area contributed by atoms with E-state index in [4.69, 9.17) is 0 Å². The smallest absolute Gasteiger partial charge is 0.244 e.